The molecule has 0 aromatic rings. The van der Waals surface area contributed by atoms with E-state index < -0.39 is 0 Å². The van der Waals surface area contributed by atoms with Crippen LogP contribution in [0.4, 0.5) is 0 Å². The van der Waals surface area contributed by atoms with Crippen molar-refractivity contribution < 1.29 is 14.3 Å². The Morgan fingerprint density at radius 2 is 1.87 bits per heavy atom. The fourth-order valence-corrected chi connectivity index (χ4v) is 2.30. The second-order valence-corrected chi connectivity index (χ2v) is 5.47. The van der Waals surface area contributed by atoms with Gasteiger partial charge in [-0.1, -0.05) is 0 Å². The van der Waals surface area contributed by atoms with Gasteiger partial charge in [-0.15, -0.1) is 24.0 Å². The molecule has 0 saturated carbocycles. The lowest BCUT2D eigenvalue weighted by molar-refractivity contribution is -0.149. The van der Waals surface area contributed by atoms with Gasteiger partial charge in [0.25, 0.3) is 0 Å². The Balaban J connectivity index is 0.00000484. The number of guanidine groups is 1. The number of carbonyl (C=O) groups is 2. The van der Waals surface area contributed by atoms with Gasteiger partial charge >= 0.3 is 5.97 Å². The molecule has 1 amide bonds. The van der Waals surface area contributed by atoms with E-state index in [0.717, 1.165) is 38.4 Å². The highest BCUT2D eigenvalue weighted by Crippen LogP contribution is 2.18. The maximum Gasteiger partial charge on any atom is 0.309 e. The molecule has 0 bridgehead atoms. The molecule has 0 aromatic carbocycles. The van der Waals surface area contributed by atoms with Crippen LogP contribution in [-0.2, 0) is 14.3 Å². The number of esters is 1. The standard InChI is InChI=1S/C15H28N4O3.HI/c1-5-16-15(17-11-13(20)18(3)4)19-9-7-12(8-10-19)14(21)22-6-2;/h12H,5-11H2,1-4H3,(H,16,17);1H. The first-order chi connectivity index (χ1) is 10.5. The van der Waals surface area contributed by atoms with Gasteiger partial charge < -0.3 is 19.9 Å². The van der Waals surface area contributed by atoms with Crippen LogP contribution in [0.2, 0.25) is 0 Å². The molecule has 1 aliphatic rings. The van der Waals surface area contributed by atoms with Crippen molar-refractivity contribution in [2.75, 3.05) is 46.9 Å². The smallest absolute Gasteiger partial charge is 0.309 e. The number of hydrogen-bond acceptors (Lipinski definition) is 4. The van der Waals surface area contributed by atoms with Crippen LogP contribution in [0.25, 0.3) is 0 Å². The van der Waals surface area contributed by atoms with Crippen LogP contribution in [0.1, 0.15) is 26.7 Å². The van der Waals surface area contributed by atoms with E-state index in [1.54, 1.807) is 14.1 Å². The fraction of sp³-hybridized carbons (Fsp3) is 0.800. The zero-order valence-electron chi connectivity index (χ0n) is 14.5. The van der Waals surface area contributed by atoms with Gasteiger partial charge in [-0.2, -0.15) is 0 Å². The Labute approximate surface area is 155 Å². The number of carbonyl (C=O) groups excluding carboxylic acids is 2. The highest BCUT2D eigenvalue weighted by molar-refractivity contribution is 14.0. The van der Waals surface area contributed by atoms with Crippen LogP contribution in [0.3, 0.4) is 0 Å². The lowest BCUT2D eigenvalue weighted by atomic mass is 9.97. The lowest BCUT2D eigenvalue weighted by Crippen LogP contribution is -2.47. The van der Waals surface area contributed by atoms with E-state index >= 15 is 0 Å². The first-order valence-corrected chi connectivity index (χ1v) is 7.89. The molecule has 7 nitrogen and oxygen atoms in total. The third-order valence-electron chi connectivity index (χ3n) is 3.61. The molecule has 23 heavy (non-hydrogen) atoms. The van der Waals surface area contributed by atoms with E-state index in [1.165, 1.54) is 4.90 Å². The van der Waals surface area contributed by atoms with Gasteiger partial charge in [0.1, 0.15) is 6.54 Å². The third kappa shape index (κ3) is 7.36. The van der Waals surface area contributed by atoms with Crippen LogP contribution in [0.5, 0.6) is 0 Å². The SMILES string of the molecule is CCNC(=NCC(=O)N(C)C)N1CCC(C(=O)OCC)CC1.I. The number of ether oxygens (including phenoxy) is 1. The van der Waals surface area contributed by atoms with Crippen LogP contribution < -0.4 is 5.32 Å². The molecule has 0 aliphatic carbocycles. The summed E-state index contributed by atoms with van der Waals surface area (Å²) >= 11 is 0. The Morgan fingerprint density at radius 3 is 2.35 bits per heavy atom. The number of nitrogens with one attached hydrogen (secondary N) is 1. The van der Waals surface area contributed by atoms with Gasteiger partial charge in [-0.3, -0.25) is 9.59 Å². The predicted molar refractivity (Wildman–Crippen MR) is 101 cm³/mol. The minimum absolute atomic E-state index is 0. The van der Waals surface area contributed by atoms with E-state index in [9.17, 15) is 9.59 Å². The first kappa shape index (κ1) is 21.9. The van der Waals surface area contributed by atoms with Crippen molar-refractivity contribution in [1.82, 2.24) is 15.1 Å². The average Bonchev–Trinajstić information content (AvgIpc) is 2.51. The highest BCUT2D eigenvalue weighted by atomic mass is 127. The highest BCUT2D eigenvalue weighted by Gasteiger charge is 2.27. The van der Waals surface area contributed by atoms with Crippen LogP contribution in [0, 0.1) is 5.92 Å². The van der Waals surface area contributed by atoms with Crippen LogP contribution in [0.15, 0.2) is 4.99 Å². The van der Waals surface area contributed by atoms with Gasteiger partial charge in [0, 0.05) is 33.7 Å². The molecule has 0 aromatic heterocycles. The number of likely N-dealkylation sites (tertiary alicyclic amines) is 1. The minimum atomic E-state index is -0.105. The lowest BCUT2D eigenvalue weighted by Gasteiger charge is -2.33. The zero-order valence-corrected chi connectivity index (χ0v) is 16.8. The Morgan fingerprint density at radius 1 is 1.26 bits per heavy atom. The molecule has 1 aliphatic heterocycles. The summed E-state index contributed by atoms with van der Waals surface area (Å²) in [4.78, 5) is 31.4. The fourth-order valence-electron chi connectivity index (χ4n) is 2.30. The maximum absolute atomic E-state index is 11.8. The number of piperidine rings is 1. The summed E-state index contributed by atoms with van der Waals surface area (Å²) in [6.07, 6.45) is 1.51. The molecule has 134 valence electrons. The van der Waals surface area contributed by atoms with Crippen molar-refractivity contribution in [3.8, 4) is 0 Å². The molecule has 1 saturated heterocycles. The van der Waals surface area contributed by atoms with E-state index in [0.29, 0.717) is 6.61 Å². The predicted octanol–water partition coefficient (Wildman–Crippen LogP) is 0.933. The second kappa shape index (κ2) is 11.5. The number of rotatable bonds is 5. The maximum atomic E-state index is 11.8. The Hall–Kier alpha value is -1.06. The normalized spacial score (nSPS) is 15.7. The largest absolute Gasteiger partial charge is 0.466 e. The molecule has 1 rings (SSSR count). The molecule has 1 fully saturated rings. The zero-order chi connectivity index (χ0) is 16.5. The summed E-state index contributed by atoms with van der Waals surface area (Å²) in [5.74, 6) is 0.575. The molecule has 0 unspecified atom stereocenters. The number of nitrogens with zero attached hydrogens (tertiary/aromatic N) is 3. The number of halogens is 1. The summed E-state index contributed by atoms with van der Waals surface area (Å²) in [6, 6.07) is 0. The molecule has 8 heteroatoms. The molecular weight excluding hydrogens is 411 g/mol. The average molecular weight is 440 g/mol. The van der Waals surface area contributed by atoms with Crippen LogP contribution >= 0.6 is 24.0 Å². The number of aliphatic imine (C=N–C) groups is 1. The van der Waals surface area contributed by atoms with Crippen molar-refractivity contribution in [2.24, 2.45) is 10.9 Å². The topological polar surface area (TPSA) is 74.2 Å². The first-order valence-electron chi connectivity index (χ1n) is 7.89. The monoisotopic (exact) mass is 440 g/mol. The van der Waals surface area contributed by atoms with E-state index in [2.05, 4.69) is 15.2 Å². The van der Waals surface area contributed by atoms with Gasteiger partial charge in [0.2, 0.25) is 5.91 Å². The van der Waals surface area contributed by atoms with Gasteiger partial charge in [-0.25, -0.2) is 4.99 Å². The van der Waals surface area contributed by atoms with E-state index in [-0.39, 0.29) is 48.3 Å². The Bertz CT molecular complexity index is 408. The molecule has 0 atom stereocenters. The van der Waals surface area contributed by atoms with Gasteiger partial charge in [0.15, 0.2) is 5.96 Å². The van der Waals surface area contributed by atoms with E-state index in [4.69, 9.17) is 4.74 Å². The van der Waals surface area contributed by atoms with E-state index in [1.807, 2.05) is 13.8 Å². The summed E-state index contributed by atoms with van der Waals surface area (Å²) in [6.45, 7) is 6.60. The van der Waals surface area contributed by atoms with Gasteiger partial charge in [-0.05, 0) is 26.7 Å². The number of hydrogen-bond donors (Lipinski definition) is 1. The number of amides is 1. The second-order valence-electron chi connectivity index (χ2n) is 5.47. The molecule has 1 N–H and O–H groups in total. The molecule has 0 radical (unpaired) electrons. The third-order valence-corrected chi connectivity index (χ3v) is 3.61. The van der Waals surface area contributed by atoms with Gasteiger partial charge in [0.05, 0.1) is 12.5 Å². The quantitative estimate of drug-likeness (QED) is 0.298. The van der Waals surface area contributed by atoms with Crippen molar-refractivity contribution in [1.29, 1.82) is 0 Å². The summed E-state index contributed by atoms with van der Waals surface area (Å²) < 4.78 is 5.08. The summed E-state index contributed by atoms with van der Waals surface area (Å²) in [5, 5.41) is 3.20. The summed E-state index contributed by atoms with van der Waals surface area (Å²) in [7, 11) is 3.44. The Kier molecular flexibility index (Phi) is 10.9. The molecule has 1 heterocycles. The van der Waals surface area contributed by atoms with Crippen molar-refractivity contribution in [3.05, 3.63) is 0 Å². The molecule has 0 spiro atoms. The minimum Gasteiger partial charge on any atom is -0.466 e. The number of likely N-dealkylation sites (N-methyl/N-ethyl adjacent to an activating group) is 1. The van der Waals surface area contributed by atoms with Crippen molar-refractivity contribution in [3.63, 3.8) is 0 Å². The van der Waals surface area contributed by atoms with Crippen molar-refractivity contribution in [2.45, 2.75) is 26.7 Å². The molecular formula is C15H29IN4O3. The van der Waals surface area contributed by atoms with Crippen LogP contribution in [-0.4, -0.2) is 74.5 Å². The summed E-state index contributed by atoms with van der Waals surface area (Å²) in [5.41, 5.74) is 0. The van der Waals surface area contributed by atoms with Crippen molar-refractivity contribution >= 4 is 41.8 Å².